The van der Waals surface area contributed by atoms with Crippen molar-refractivity contribution in [2.45, 2.75) is 6.10 Å². The molecule has 1 aromatic carbocycles. The van der Waals surface area contributed by atoms with Crippen LogP contribution in [0.1, 0.15) is 11.7 Å². The van der Waals surface area contributed by atoms with Crippen molar-refractivity contribution in [1.82, 2.24) is 4.98 Å². The molecule has 1 unspecified atom stereocenters. The van der Waals surface area contributed by atoms with E-state index >= 15 is 0 Å². The first-order chi connectivity index (χ1) is 9.58. The molecule has 2 aromatic rings. The summed E-state index contributed by atoms with van der Waals surface area (Å²) < 4.78 is 0. The first-order valence-corrected chi connectivity index (χ1v) is 6.22. The third-order valence-corrected chi connectivity index (χ3v) is 3.04. The Balaban J connectivity index is 1.98. The number of nitrogens with one attached hydrogen (secondary N) is 1. The number of benzene rings is 1. The van der Waals surface area contributed by atoms with Crippen molar-refractivity contribution in [3.8, 4) is 0 Å². The number of halogens is 1. The van der Waals surface area contributed by atoms with Gasteiger partial charge in [-0.25, -0.2) is 4.98 Å². The summed E-state index contributed by atoms with van der Waals surface area (Å²) in [6, 6.07) is 9.83. The molecule has 0 aliphatic rings. The maximum atomic E-state index is 10.5. The van der Waals surface area contributed by atoms with Crippen LogP contribution in [0.2, 0.25) is 5.02 Å². The summed E-state index contributed by atoms with van der Waals surface area (Å²) in [6.45, 7) is 0.203. The van der Waals surface area contributed by atoms with E-state index in [1.165, 1.54) is 12.1 Å². The van der Waals surface area contributed by atoms with E-state index in [0.717, 1.165) is 6.20 Å². The molecular formula is C13H12ClN3O3. The average molecular weight is 294 g/mol. The topological polar surface area (TPSA) is 88.3 Å². The maximum absolute atomic E-state index is 10.5. The van der Waals surface area contributed by atoms with E-state index in [1.54, 1.807) is 24.3 Å². The Bertz CT molecular complexity index is 604. The number of pyridine rings is 1. The molecule has 104 valence electrons. The average Bonchev–Trinajstić information content (AvgIpc) is 2.45. The summed E-state index contributed by atoms with van der Waals surface area (Å²) in [5, 5.41) is 23.9. The van der Waals surface area contributed by atoms with Gasteiger partial charge in [-0.2, -0.15) is 0 Å². The van der Waals surface area contributed by atoms with Gasteiger partial charge >= 0.3 is 0 Å². The number of anilines is 1. The maximum Gasteiger partial charge on any atom is 0.287 e. The van der Waals surface area contributed by atoms with Crippen LogP contribution in [0.4, 0.5) is 11.5 Å². The molecule has 2 N–H and O–H groups in total. The lowest BCUT2D eigenvalue weighted by molar-refractivity contribution is -0.385. The molecule has 6 nitrogen and oxygen atoms in total. The smallest absolute Gasteiger partial charge is 0.287 e. The molecule has 0 bridgehead atoms. The first kappa shape index (κ1) is 14.2. The molecule has 7 heteroatoms. The minimum atomic E-state index is -0.791. The van der Waals surface area contributed by atoms with Gasteiger partial charge in [-0.15, -0.1) is 0 Å². The molecule has 0 saturated carbocycles. The minimum Gasteiger partial charge on any atom is -0.387 e. The molecule has 1 heterocycles. The van der Waals surface area contributed by atoms with Crippen LogP contribution in [-0.2, 0) is 0 Å². The van der Waals surface area contributed by atoms with Gasteiger partial charge in [-0.1, -0.05) is 29.8 Å². The second-order valence-electron chi connectivity index (χ2n) is 4.08. The number of hydrogen-bond donors (Lipinski definition) is 2. The van der Waals surface area contributed by atoms with Gasteiger partial charge < -0.3 is 10.4 Å². The normalized spacial score (nSPS) is 11.9. The molecule has 20 heavy (non-hydrogen) atoms. The molecule has 0 fully saturated rings. The molecule has 0 spiro atoms. The Labute approximate surface area is 120 Å². The Morgan fingerprint density at radius 2 is 2.10 bits per heavy atom. The van der Waals surface area contributed by atoms with Gasteiger partial charge in [0, 0.05) is 23.2 Å². The molecule has 0 radical (unpaired) electrons. The zero-order chi connectivity index (χ0) is 14.5. The van der Waals surface area contributed by atoms with Crippen LogP contribution >= 0.6 is 11.6 Å². The van der Waals surface area contributed by atoms with E-state index in [1.807, 2.05) is 0 Å². The number of aromatic nitrogens is 1. The van der Waals surface area contributed by atoms with Gasteiger partial charge in [0.15, 0.2) is 0 Å². The van der Waals surface area contributed by atoms with Crippen LogP contribution in [0, 0.1) is 10.1 Å². The highest BCUT2D eigenvalue weighted by molar-refractivity contribution is 6.31. The predicted octanol–water partition coefficient (Wildman–Crippen LogP) is 2.79. The standard InChI is InChI=1S/C13H12ClN3O3/c14-11-4-2-1-3-10(11)12(18)8-16-13-6-5-9(7-15-13)17(19)20/h1-7,12,18H,8H2,(H,15,16). The van der Waals surface area contributed by atoms with Gasteiger partial charge in [0.05, 0.1) is 11.0 Å². The summed E-state index contributed by atoms with van der Waals surface area (Å²) in [4.78, 5) is 13.9. The Morgan fingerprint density at radius 1 is 1.35 bits per heavy atom. The second-order valence-corrected chi connectivity index (χ2v) is 4.48. The molecule has 1 atom stereocenters. The van der Waals surface area contributed by atoms with Crippen LogP contribution in [0.25, 0.3) is 0 Å². The zero-order valence-electron chi connectivity index (χ0n) is 10.4. The lowest BCUT2D eigenvalue weighted by Crippen LogP contribution is -2.13. The van der Waals surface area contributed by atoms with Crippen LogP contribution in [-0.4, -0.2) is 21.6 Å². The number of hydrogen-bond acceptors (Lipinski definition) is 5. The molecule has 1 aromatic heterocycles. The van der Waals surface area contributed by atoms with Crippen molar-refractivity contribution < 1.29 is 10.0 Å². The summed E-state index contributed by atoms with van der Waals surface area (Å²) >= 11 is 5.98. The number of aliphatic hydroxyl groups is 1. The van der Waals surface area contributed by atoms with Crippen molar-refractivity contribution in [2.24, 2.45) is 0 Å². The van der Waals surface area contributed by atoms with Crippen molar-refractivity contribution in [3.05, 3.63) is 63.3 Å². The molecule has 2 rings (SSSR count). The Kier molecular flexibility index (Phi) is 4.49. The van der Waals surface area contributed by atoms with Gasteiger partial charge in [0.1, 0.15) is 12.0 Å². The monoisotopic (exact) mass is 293 g/mol. The lowest BCUT2D eigenvalue weighted by atomic mass is 10.1. The molecule has 0 aliphatic carbocycles. The SMILES string of the molecule is O=[N+]([O-])c1ccc(NCC(O)c2ccccc2Cl)nc1. The van der Waals surface area contributed by atoms with E-state index in [9.17, 15) is 15.2 Å². The van der Waals surface area contributed by atoms with Crippen molar-refractivity contribution >= 4 is 23.1 Å². The summed E-state index contributed by atoms with van der Waals surface area (Å²) in [6.07, 6.45) is 0.366. The number of rotatable bonds is 5. The Hall–Kier alpha value is -2.18. The Morgan fingerprint density at radius 3 is 2.70 bits per heavy atom. The summed E-state index contributed by atoms with van der Waals surface area (Å²) in [5.74, 6) is 0.446. The van der Waals surface area contributed by atoms with Gasteiger partial charge in [-0.05, 0) is 12.1 Å². The van der Waals surface area contributed by atoms with Gasteiger partial charge in [0.25, 0.3) is 5.69 Å². The number of nitro groups is 1. The fourth-order valence-electron chi connectivity index (χ4n) is 1.66. The van der Waals surface area contributed by atoms with Crippen molar-refractivity contribution in [1.29, 1.82) is 0 Å². The van der Waals surface area contributed by atoms with Crippen LogP contribution < -0.4 is 5.32 Å². The fourth-order valence-corrected chi connectivity index (χ4v) is 1.92. The highest BCUT2D eigenvalue weighted by atomic mass is 35.5. The number of aliphatic hydroxyl groups excluding tert-OH is 1. The summed E-state index contributed by atoms with van der Waals surface area (Å²) in [7, 11) is 0. The van der Waals surface area contributed by atoms with E-state index < -0.39 is 11.0 Å². The molecule has 0 amide bonds. The van der Waals surface area contributed by atoms with Gasteiger partial charge in [-0.3, -0.25) is 10.1 Å². The summed E-state index contributed by atoms with van der Waals surface area (Å²) in [5.41, 5.74) is 0.533. The molecule has 0 aliphatic heterocycles. The van der Waals surface area contributed by atoms with Gasteiger partial charge in [0.2, 0.25) is 0 Å². The van der Waals surface area contributed by atoms with E-state index in [4.69, 9.17) is 11.6 Å². The first-order valence-electron chi connectivity index (χ1n) is 5.84. The third kappa shape index (κ3) is 3.43. The quantitative estimate of drug-likeness (QED) is 0.653. The van der Waals surface area contributed by atoms with Crippen molar-refractivity contribution in [3.63, 3.8) is 0 Å². The second kappa shape index (κ2) is 6.31. The van der Waals surface area contributed by atoms with Crippen molar-refractivity contribution in [2.75, 3.05) is 11.9 Å². The zero-order valence-corrected chi connectivity index (χ0v) is 11.1. The highest BCUT2D eigenvalue weighted by Crippen LogP contribution is 2.22. The van der Waals surface area contributed by atoms with Crippen LogP contribution in [0.3, 0.4) is 0 Å². The molecular weight excluding hydrogens is 282 g/mol. The highest BCUT2D eigenvalue weighted by Gasteiger charge is 2.11. The minimum absolute atomic E-state index is 0.0813. The van der Waals surface area contributed by atoms with E-state index in [0.29, 0.717) is 16.4 Å². The number of nitrogens with zero attached hydrogens (tertiary/aromatic N) is 2. The van der Waals surface area contributed by atoms with E-state index in [2.05, 4.69) is 10.3 Å². The van der Waals surface area contributed by atoms with E-state index in [-0.39, 0.29) is 12.2 Å². The largest absolute Gasteiger partial charge is 0.387 e. The fraction of sp³-hybridized carbons (Fsp3) is 0.154. The third-order valence-electron chi connectivity index (χ3n) is 2.70. The van der Waals surface area contributed by atoms with Crippen LogP contribution in [0.15, 0.2) is 42.6 Å². The lowest BCUT2D eigenvalue weighted by Gasteiger charge is -2.13. The van der Waals surface area contributed by atoms with Crippen LogP contribution in [0.5, 0.6) is 0 Å². The molecule has 0 saturated heterocycles. The predicted molar refractivity (Wildman–Crippen MR) is 75.8 cm³/mol.